The van der Waals surface area contributed by atoms with Gasteiger partial charge in [-0.25, -0.2) is 0 Å². The SMILES string of the molecule is COc1cc(C(C)=O)ccc1OCC(=O)N[C@H]1CCCCNC1=O. The molecule has 0 radical (unpaired) electrons. The van der Waals surface area contributed by atoms with Gasteiger partial charge in [-0.2, -0.15) is 0 Å². The van der Waals surface area contributed by atoms with Crippen molar-refractivity contribution in [1.29, 1.82) is 0 Å². The summed E-state index contributed by atoms with van der Waals surface area (Å²) in [7, 11) is 1.46. The average molecular weight is 334 g/mol. The van der Waals surface area contributed by atoms with Gasteiger partial charge in [-0.1, -0.05) is 0 Å². The van der Waals surface area contributed by atoms with E-state index in [4.69, 9.17) is 9.47 Å². The molecule has 1 heterocycles. The Morgan fingerprint density at radius 1 is 1.29 bits per heavy atom. The highest BCUT2D eigenvalue weighted by Crippen LogP contribution is 2.28. The van der Waals surface area contributed by atoms with E-state index in [0.29, 0.717) is 30.0 Å². The third-order valence-electron chi connectivity index (χ3n) is 3.80. The molecule has 1 aliphatic rings. The van der Waals surface area contributed by atoms with E-state index in [1.54, 1.807) is 18.2 Å². The van der Waals surface area contributed by atoms with Crippen LogP contribution in [-0.4, -0.2) is 43.9 Å². The van der Waals surface area contributed by atoms with E-state index in [9.17, 15) is 14.4 Å². The van der Waals surface area contributed by atoms with Crippen molar-refractivity contribution in [3.05, 3.63) is 23.8 Å². The zero-order valence-corrected chi connectivity index (χ0v) is 13.9. The predicted octanol–water partition coefficient (Wildman–Crippen LogP) is 1.06. The average Bonchev–Trinajstić information content (AvgIpc) is 2.77. The minimum Gasteiger partial charge on any atom is -0.493 e. The molecule has 7 nitrogen and oxygen atoms in total. The van der Waals surface area contributed by atoms with E-state index < -0.39 is 6.04 Å². The number of carbonyl (C=O) groups is 3. The van der Waals surface area contributed by atoms with Gasteiger partial charge in [0.2, 0.25) is 5.91 Å². The molecule has 1 aliphatic heterocycles. The van der Waals surface area contributed by atoms with E-state index in [2.05, 4.69) is 10.6 Å². The standard InChI is InChI=1S/C17H22N2O5/c1-11(20)12-6-7-14(15(9-12)23-2)24-10-16(21)19-13-5-3-4-8-18-17(13)22/h6-7,9,13H,3-5,8,10H2,1-2H3,(H,18,22)(H,19,21)/t13-/m0/s1. The zero-order valence-electron chi connectivity index (χ0n) is 13.9. The van der Waals surface area contributed by atoms with Crippen molar-refractivity contribution in [2.45, 2.75) is 32.2 Å². The van der Waals surface area contributed by atoms with Crippen molar-refractivity contribution in [3.63, 3.8) is 0 Å². The summed E-state index contributed by atoms with van der Waals surface area (Å²) in [4.78, 5) is 35.2. The summed E-state index contributed by atoms with van der Waals surface area (Å²) in [5, 5.41) is 5.44. The molecule has 2 N–H and O–H groups in total. The van der Waals surface area contributed by atoms with Gasteiger partial charge in [0.15, 0.2) is 23.9 Å². The molecule has 1 aromatic rings. The van der Waals surface area contributed by atoms with Crippen LogP contribution < -0.4 is 20.1 Å². The van der Waals surface area contributed by atoms with Crippen LogP contribution in [-0.2, 0) is 9.59 Å². The number of hydrogen-bond donors (Lipinski definition) is 2. The summed E-state index contributed by atoms with van der Waals surface area (Å²) in [5.41, 5.74) is 0.499. The van der Waals surface area contributed by atoms with Crippen LogP contribution >= 0.6 is 0 Å². The van der Waals surface area contributed by atoms with Crippen LogP contribution in [0.15, 0.2) is 18.2 Å². The van der Waals surface area contributed by atoms with Gasteiger partial charge in [0, 0.05) is 12.1 Å². The number of rotatable bonds is 6. The lowest BCUT2D eigenvalue weighted by atomic mass is 10.1. The highest BCUT2D eigenvalue weighted by Gasteiger charge is 2.22. The summed E-state index contributed by atoms with van der Waals surface area (Å²) in [6.45, 7) is 1.86. The Morgan fingerprint density at radius 3 is 2.79 bits per heavy atom. The summed E-state index contributed by atoms with van der Waals surface area (Å²) >= 11 is 0. The summed E-state index contributed by atoms with van der Waals surface area (Å²) in [6.07, 6.45) is 2.41. The first-order valence-corrected chi connectivity index (χ1v) is 7.90. The first-order valence-electron chi connectivity index (χ1n) is 7.90. The van der Waals surface area contributed by atoms with Crippen LogP contribution in [0.1, 0.15) is 36.5 Å². The lowest BCUT2D eigenvalue weighted by molar-refractivity contribution is -0.129. The van der Waals surface area contributed by atoms with E-state index in [0.717, 1.165) is 12.8 Å². The van der Waals surface area contributed by atoms with Crippen LogP contribution in [0.5, 0.6) is 11.5 Å². The Balaban J connectivity index is 1.93. The molecule has 24 heavy (non-hydrogen) atoms. The molecule has 1 saturated heterocycles. The third-order valence-corrected chi connectivity index (χ3v) is 3.80. The van der Waals surface area contributed by atoms with Crippen LogP contribution in [0, 0.1) is 0 Å². The molecule has 0 saturated carbocycles. The van der Waals surface area contributed by atoms with Crippen molar-refractivity contribution < 1.29 is 23.9 Å². The molecule has 7 heteroatoms. The topological polar surface area (TPSA) is 93.7 Å². The van der Waals surface area contributed by atoms with E-state index in [1.807, 2.05) is 0 Å². The van der Waals surface area contributed by atoms with Crippen LogP contribution in [0.3, 0.4) is 0 Å². The van der Waals surface area contributed by atoms with Crippen molar-refractivity contribution in [1.82, 2.24) is 10.6 Å². The van der Waals surface area contributed by atoms with E-state index >= 15 is 0 Å². The lowest BCUT2D eigenvalue weighted by Gasteiger charge is -2.16. The van der Waals surface area contributed by atoms with Crippen LogP contribution in [0.25, 0.3) is 0 Å². The number of amides is 2. The monoisotopic (exact) mass is 334 g/mol. The fourth-order valence-electron chi connectivity index (χ4n) is 2.46. The summed E-state index contributed by atoms with van der Waals surface area (Å²) in [5.74, 6) is 0.113. The second-order valence-corrected chi connectivity index (χ2v) is 5.62. The quantitative estimate of drug-likeness (QED) is 0.759. The largest absolute Gasteiger partial charge is 0.493 e. The minimum absolute atomic E-state index is 0.0861. The van der Waals surface area contributed by atoms with Crippen molar-refractivity contribution in [3.8, 4) is 11.5 Å². The van der Waals surface area contributed by atoms with Gasteiger partial charge in [0.05, 0.1) is 7.11 Å². The van der Waals surface area contributed by atoms with Gasteiger partial charge in [0.25, 0.3) is 5.91 Å². The Labute approximate surface area is 140 Å². The number of Topliss-reactive ketones (excluding diaryl/α,β-unsaturated/α-hetero) is 1. The van der Waals surface area contributed by atoms with Gasteiger partial charge in [-0.05, 0) is 44.4 Å². The van der Waals surface area contributed by atoms with Crippen LogP contribution in [0.4, 0.5) is 0 Å². The zero-order chi connectivity index (χ0) is 17.5. The number of hydrogen-bond acceptors (Lipinski definition) is 5. The molecule has 0 bridgehead atoms. The van der Waals surface area contributed by atoms with Gasteiger partial charge in [-0.3, -0.25) is 14.4 Å². The minimum atomic E-state index is -0.523. The molecule has 0 spiro atoms. The normalized spacial score (nSPS) is 17.4. The first kappa shape index (κ1) is 17.8. The second-order valence-electron chi connectivity index (χ2n) is 5.62. The second kappa shape index (κ2) is 8.33. The highest BCUT2D eigenvalue weighted by molar-refractivity contribution is 5.94. The maximum atomic E-state index is 12.0. The Hall–Kier alpha value is -2.57. The van der Waals surface area contributed by atoms with Gasteiger partial charge < -0.3 is 20.1 Å². The Kier molecular flexibility index (Phi) is 6.17. The van der Waals surface area contributed by atoms with Crippen molar-refractivity contribution in [2.24, 2.45) is 0 Å². The molecule has 0 aliphatic carbocycles. The van der Waals surface area contributed by atoms with Gasteiger partial charge in [0.1, 0.15) is 6.04 Å². The highest BCUT2D eigenvalue weighted by atomic mass is 16.5. The number of methoxy groups -OCH3 is 1. The lowest BCUT2D eigenvalue weighted by Crippen LogP contribution is -2.46. The molecule has 2 rings (SSSR count). The number of nitrogens with one attached hydrogen (secondary N) is 2. The van der Waals surface area contributed by atoms with Crippen molar-refractivity contribution >= 4 is 17.6 Å². The Bertz CT molecular complexity index is 629. The molecule has 0 unspecified atom stereocenters. The summed E-state index contributed by atoms with van der Waals surface area (Å²) in [6, 6.07) is 4.23. The molecular formula is C17H22N2O5. The molecule has 1 atom stereocenters. The number of ether oxygens (including phenoxy) is 2. The molecule has 2 amide bonds. The molecule has 1 aromatic carbocycles. The first-order chi connectivity index (χ1) is 11.5. The molecular weight excluding hydrogens is 312 g/mol. The summed E-state index contributed by atoms with van der Waals surface area (Å²) < 4.78 is 10.6. The van der Waals surface area contributed by atoms with E-state index in [1.165, 1.54) is 14.0 Å². The molecule has 130 valence electrons. The van der Waals surface area contributed by atoms with Gasteiger partial charge >= 0.3 is 0 Å². The molecule has 1 fully saturated rings. The third kappa shape index (κ3) is 4.71. The number of carbonyl (C=O) groups excluding carboxylic acids is 3. The van der Waals surface area contributed by atoms with E-state index in [-0.39, 0.29) is 24.2 Å². The number of ketones is 1. The van der Waals surface area contributed by atoms with Crippen LogP contribution in [0.2, 0.25) is 0 Å². The predicted molar refractivity (Wildman–Crippen MR) is 87.3 cm³/mol. The Morgan fingerprint density at radius 2 is 2.08 bits per heavy atom. The molecule has 0 aromatic heterocycles. The smallest absolute Gasteiger partial charge is 0.258 e. The maximum Gasteiger partial charge on any atom is 0.258 e. The fourth-order valence-corrected chi connectivity index (χ4v) is 2.46. The van der Waals surface area contributed by atoms with Gasteiger partial charge in [-0.15, -0.1) is 0 Å². The number of benzene rings is 1. The fraction of sp³-hybridized carbons (Fsp3) is 0.471. The van der Waals surface area contributed by atoms with Crippen molar-refractivity contribution in [2.75, 3.05) is 20.3 Å². The maximum absolute atomic E-state index is 12.0.